The predicted octanol–water partition coefficient (Wildman–Crippen LogP) is 27.2. The Morgan fingerprint density at radius 1 is 0.313 bits per heavy atom. The van der Waals surface area contributed by atoms with E-state index in [1.54, 1.807) is 0 Å². The lowest BCUT2D eigenvalue weighted by Gasteiger charge is -2.28. The minimum absolute atomic E-state index is 0.631. The van der Waals surface area contributed by atoms with Crippen molar-refractivity contribution < 1.29 is 8.83 Å². The summed E-state index contributed by atoms with van der Waals surface area (Å²) in [6, 6.07) is 119. The summed E-state index contributed by atoms with van der Waals surface area (Å²) >= 11 is 9.92. The highest BCUT2D eigenvalue weighted by atomic mass is 35.5. The first kappa shape index (κ1) is 59.3. The summed E-state index contributed by atoms with van der Waals surface area (Å²) in [5, 5.41) is 18.4. The molecule has 16 aromatic carbocycles. The molecule has 1 N–H and O–H groups in total. The molecule has 0 aliphatic heterocycles. The Balaban J connectivity index is 0.000000119. The lowest BCUT2D eigenvalue weighted by molar-refractivity contribution is 0.623. The maximum Gasteiger partial charge on any atom is 0.227 e. The van der Waals surface area contributed by atoms with Crippen LogP contribution in [0.4, 0.5) is 28.4 Å². The molecule has 6 nitrogen and oxygen atoms in total. The lowest BCUT2D eigenvalue weighted by atomic mass is 9.98. The van der Waals surface area contributed by atoms with Crippen LogP contribution in [-0.2, 0) is 0 Å². The third-order valence-corrected chi connectivity index (χ3v) is 21.0. The van der Waals surface area contributed by atoms with Crippen molar-refractivity contribution in [2.24, 2.45) is 0 Å². The predicted molar refractivity (Wildman–Crippen MR) is 421 cm³/mol. The zero-order chi connectivity index (χ0) is 65.8. The number of oxazole rings is 2. The molecule has 468 valence electrons. The van der Waals surface area contributed by atoms with Gasteiger partial charge in [-0.3, -0.25) is 0 Å². The van der Waals surface area contributed by atoms with E-state index in [9.17, 15) is 0 Å². The van der Waals surface area contributed by atoms with Crippen LogP contribution in [0.3, 0.4) is 0 Å². The summed E-state index contributed by atoms with van der Waals surface area (Å²) in [6.45, 7) is 0. The lowest BCUT2D eigenvalue weighted by Crippen LogP contribution is -2.11. The standard InChI is InChI=1S/C45H28N2OS.C24H17NS.C21H12ClNO/c1-3-11-29(12-4-1)35-15-7-9-17-40(35)47(34-24-26-42-38(28-34)36-16-8-10-18-41(36)49-42)33-23-21-30-19-20-31-22-25-39-44(43(31)37(30)27-33)48-45(46-39)32-13-5-2-6-14-32;1-2-8-17(9-3-1)19-10-4-6-12-22(19)25-18-14-15-24-21(16-18)20-11-5-7-13-23(20)26-24;22-16-10-8-13-6-7-14-9-11-18-20(19(14)17(13)12-16)24-21(23-18)15-4-2-1-3-5-15/h1-28H;1-16,25H;1-12H. The highest BCUT2D eigenvalue weighted by molar-refractivity contribution is 7.26. The molecular formula is C90H57ClN4O2S2. The van der Waals surface area contributed by atoms with Crippen LogP contribution in [0.15, 0.2) is 349 Å². The molecule has 20 aromatic rings. The fraction of sp³-hybridized carbons (Fsp3) is 0. The highest BCUT2D eigenvalue weighted by Gasteiger charge is 2.22. The Hall–Kier alpha value is -12.2. The van der Waals surface area contributed by atoms with E-state index < -0.39 is 0 Å². The Labute approximate surface area is 583 Å². The Morgan fingerprint density at radius 3 is 1.32 bits per heavy atom. The van der Waals surface area contributed by atoms with E-state index in [4.69, 9.17) is 25.4 Å². The molecular weight excluding hydrogens is 1270 g/mol. The molecule has 0 amide bonds. The number of hydrogen-bond acceptors (Lipinski definition) is 8. The second-order valence-electron chi connectivity index (χ2n) is 24.5. The van der Waals surface area contributed by atoms with Crippen LogP contribution in [0, 0.1) is 0 Å². The summed E-state index contributed by atoms with van der Waals surface area (Å²) in [4.78, 5) is 12.0. The number of hydrogen-bond donors (Lipinski definition) is 1. The van der Waals surface area contributed by atoms with Gasteiger partial charge in [0.25, 0.3) is 0 Å². The summed E-state index contributed by atoms with van der Waals surface area (Å²) in [5.74, 6) is 1.27. The monoisotopic (exact) mass is 1320 g/mol. The smallest absolute Gasteiger partial charge is 0.227 e. The van der Waals surface area contributed by atoms with Crippen molar-refractivity contribution in [2.75, 3.05) is 10.2 Å². The number of fused-ring (bicyclic) bond motifs is 16. The average molecular weight is 1330 g/mol. The molecule has 4 aromatic heterocycles. The molecule has 0 unspecified atom stereocenters. The van der Waals surface area contributed by atoms with Crippen LogP contribution >= 0.6 is 34.3 Å². The topological polar surface area (TPSA) is 67.3 Å². The molecule has 0 saturated heterocycles. The van der Waals surface area contributed by atoms with Crippen molar-refractivity contribution in [1.29, 1.82) is 0 Å². The minimum atomic E-state index is 0.631. The largest absolute Gasteiger partial charge is 0.435 e. The van der Waals surface area contributed by atoms with Crippen molar-refractivity contribution in [3.63, 3.8) is 0 Å². The molecule has 0 fully saturated rings. The van der Waals surface area contributed by atoms with Gasteiger partial charge >= 0.3 is 0 Å². The quantitative estimate of drug-likeness (QED) is 0.145. The van der Waals surface area contributed by atoms with Crippen LogP contribution in [0.5, 0.6) is 0 Å². The zero-order valence-corrected chi connectivity index (χ0v) is 55.6. The van der Waals surface area contributed by atoms with Crippen molar-refractivity contribution in [1.82, 2.24) is 9.97 Å². The third kappa shape index (κ3) is 11.2. The van der Waals surface area contributed by atoms with Gasteiger partial charge in [0.2, 0.25) is 11.8 Å². The van der Waals surface area contributed by atoms with Crippen molar-refractivity contribution in [2.45, 2.75) is 0 Å². The van der Waals surface area contributed by atoms with Crippen LogP contribution in [0.2, 0.25) is 5.02 Å². The van der Waals surface area contributed by atoms with Crippen molar-refractivity contribution in [3.05, 3.63) is 345 Å². The summed E-state index contributed by atoms with van der Waals surface area (Å²) in [5.41, 5.74) is 15.6. The second-order valence-corrected chi connectivity index (χ2v) is 27.1. The second kappa shape index (κ2) is 25.4. The van der Waals surface area contributed by atoms with Crippen LogP contribution in [0.25, 0.3) is 151 Å². The molecule has 0 atom stereocenters. The molecule has 20 rings (SSSR count). The van der Waals surface area contributed by atoms with E-state index in [0.717, 1.165) is 110 Å². The number of halogens is 1. The number of nitrogens with one attached hydrogen (secondary N) is 1. The van der Waals surface area contributed by atoms with Gasteiger partial charge in [-0.2, -0.15) is 0 Å². The zero-order valence-electron chi connectivity index (χ0n) is 53.2. The van der Waals surface area contributed by atoms with E-state index in [1.807, 2.05) is 108 Å². The molecule has 0 aliphatic rings. The Kier molecular flexibility index (Phi) is 15.2. The van der Waals surface area contributed by atoms with Gasteiger partial charge in [-0.05, 0) is 165 Å². The fourth-order valence-electron chi connectivity index (χ4n) is 13.8. The van der Waals surface area contributed by atoms with E-state index in [-0.39, 0.29) is 0 Å². The van der Waals surface area contributed by atoms with Gasteiger partial charge in [-0.15, -0.1) is 22.7 Å². The Morgan fingerprint density at radius 2 is 0.727 bits per heavy atom. The molecule has 9 heteroatoms. The maximum absolute atomic E-state index is 6.58. The van der Waals surface area contributed by atoms with Crippen LogP contribution < -0.4 is 10.2 Å². The molecule has 0 saturated carbocycles. The first-order chi connectivity index (χ1) is 49.0. The number of para-hydroxylation sites is 2. The van der Waals surface area contributed by atoms with E-state index in [0.29, 0.717) is 11.8 Å². The normalized spacial score (nSPS) is 11.5. The van der Waals surface area contributed by atoms with Gasteiger partial charge in [0.15, 0.2) is 11.2 Å². The van der Waals surface area contributed by atoms with Gasteiger partial charge in [-0.1, -0.05) is 230 Å². The Bertz CT molecular complexity index is 6430. The first-order valence-electron chi connectivity index (χ1n) is 32.9. The molecule has 0 bridgehead atoms. The van der Waals surface area contributed by atoms with E-state index >= 15 is 0 Å². The number of thiophene rings is 2. The van der Waals surface area contributed by atoms with Gasteiger partial charge in [0.05, 0.1) is 5.69 Å². The van der Waals surface area contributed by atoms with Crippen LogP contribution in [0.1, 0.15) is 0 Å². The maximum atomic E-state index is 6.58. The van der Waals surface area contributed by atoms with E-state index in [2.05, 4.69) is 270 Å². The SMILES string of the molecule is Clc1ccc2ccc3ccc4nc(-c5ccccc5)oc4c3c2c1.c1ccc(-c2ccccc2Nc2ccc3sc4ccccc4c3c2)cc1.c1ccc(-c2nc3ccc4ccc5ccc(N(c6ccc7sc8ccccc8c7c6)c6ccccc6-c6ccccc6)cc5c4c3o2)cc1. The molecule has 99 heavy (non-hydrogen) atoms. The third-order valence-electron chi connectivity index (χ3n) is 18.5. The summed E-state index contributed by atoms with van der Waals surface area (Å²) in [6.07, 6.45) is 0. The minimum Gasteiger partial charge on any atom is -0.435 e. The molecule has 0 spiro atoms. The molecule has 4 heterocycles. The van der Waals surface area contributed by atoms with E-state index in [1.165, 1.54) is 62.6 Å². The number of benzene rings is 16. The van der Waals surface area contributed by atoms with Gasteiger partial charge in [-0.25, -0.2) is 9.97 Å². The molecule has 0 aliphatic carbocycles. The number of rotatable bonds is 9. The first-order valence-corrected chi connectivity index (χ1v) is 34.9. The molecule has 0 radical (unpaired) electrons. The fourth-order valence-corrected chi connectivity index (χ4v) is 16.1. The van der Waals surface area contributed by atoms with Gasteiger partial charge < -0.3 is 19.1 Å². The van der Waals surface area contributed by atoms with Crippen molar-refractivity contribution in [3.8, 4) is 45.2 Å². The number of nitrogens with zero attached hydrogens (tertiary/aromatic N) is 3. The number of anilines is 5. The average Bonchev–Trinajstić information content (AvgIpc) is 1.75. The van der Waals surface area contributed by atoms with Crippen molar-refractivity contribution >= 4 is 168 Å². The van der Waals surface area contributed by atoms with Gasteiger partial charge in [0, 0.05) is 101 Å². The summed E-state index contributed by atoms with van der Waals surface area (Å²) in [7, 11) is 0. The van der Waals surface area contributed by atoms with Crippen LogP contribution in [-0.4, -0.2) is 9.97 Å². The highest BCUT2D eigenvalue weighted by Crippen LogP contribution is 2.47. The number of aromatic nitrogens is 2. The summed E-state index contributed by atoms with van der Waals surface area (Å²) < 4.78 is 18.0. The van der Waals surface area contributed by atoms with Gasteiger partial charge in [0.1, 0.15) is 11.0 Å².